The Hall–Kier alpha value is -2.92. The van der Waals surface area contributed by atoms with E-state index in [0.717, 1.165) is 46.4 Å². The summed E-state index contributed by atoms with van der Waals surface area (Å²) in [6.45, 7) is 4.01. The number of hydrogen-bond donors (Lipinski definition) is 1. The van der Waals surface area contributed by atoms with Crippen molar-refractivity contribution in [1.82, 2.24) is 9.78 Å². The molecule has 150 valence electrons. The Morgan fingerprint density at radius 3 is 2.17 bits per heavy atom. The first-order chi connectivity index (χ1) is 14.0. The van der Waals surface area contributed by atoms with Crippen LogP contribution in [-0.4, -0.2) is 27.5 Å². The van der Waals surface area contributed by atoms with Gasteiger partial charge in [0.05, 0.1) is 30.0 Å². The number of rotatable bonds is 6. The van der Waals surface area contributed by atoms with E-state index in [0.29, 0.717) is 6.61 Å². The molecule has 29 heavy (non-hydrogen) atoms. The average molecular weight is 390 g/mol. The number of hydrogen-bond acceptors (Lipinski definition) is 4. The highest BCUT2D eigenvalue weighted by atomic mass is 16.5. The monoisotopic (exact) mass is 390 g/mol. The molecule has 1 heterocycles. The lowest BCUT2D eigenvalue weighted by atomic mass is 9.93. The fraction of sp³-hybridized carbons (Fsp3) is 0.333. The lowest BCUT2D eigenvalue weighted by Crippen LogP contribution is -2.23. The minimum Gasteiger partial charge on any atom is -0.465 e. The molecule has 1 aliphatic rings. The minimum atomic E-state index is -0.584. The summed E-state index contributed by atoms with van der Waals surface area (Å²) in [5.41, 5.74) is 5.56. The molecule has 1 saturated carbocycles. The Bertz CT molecular complexity index is 1010. The molecule has 1 aromatic heterocycles. The van der Waals surface area contributed by atoms with Gasteiger partial charge in [-0.2, -0.15) is 5.10 Å². The van der Waals surface area contributed by atoms with Crippen LogP contribution < -0.4 is 0 Å². The molecule has 2 aromatic carbocycles. The number of carbonyl (C=O) groups is 1. The molecular weight excluding hydrogens is 364 g/mol. The highest BCUT2D eigenvalue weighted by Crippen LogP contribution is 2.49. The molecule has 1 unspecified atom stereocenters. The number of esters is 1. The summed E-state index contributed by atoms with van der Waals surface area (Å²) in [4.78, 5) is 12.3. The van der Waals surface area contributed by atoms with E-state index >= 15 is 0 Å². The zero-order valence-corrected chi connectivity index (χ0v) is 17.1. The van der Waals surface area contributed by atoms with E-state index in [2.05, 4.69) is 29.4 Å². The van der Waals surface area contributed by atoms with Gasteiger partial charge >= 0.3 is 5.97 Å². The van der Waals surface area contributed by atoms with Crippen LogP contribution in [0.15, 0.2) is 54.7 Å². The molecule has 3 aromatic rings. The number of aliphatic hydroxyl groups excluding tert-OH is 1. The second kappa shape index (κ2) is 7.48. The van der Waals surface area contributed by atoms with Gasteiger partial charge < -0.3 is 9.84 Å². The van der Waals surface area contributed by atoms with Crippen LogP contribution in [0.25, 0.3) is 22.3 Å². The van der Waals surface area contributed by atoms with Gasteiger partial charge in [-0.3, -0.25) is 9.48 Å². The van der Waals surface area contributed by atoms with Gasteiger partial charge in [0.1, 0.15) is 0 Å². The number of nitrogens with zero attached hydrogens (tertiary/aromatic N) is 2. The molecule has 0 aliphatic heterocycles. The molecule has 0 saturated heterocycles. The molecule has 1 atom stereocenters. The maximum absolute atomic E-state index is 12.3. The van der Waals surface area contributed by atoms with E-state index in [1.54, 1.807) is 17.8 Å². The summed E-state index contributed by atoms with van der Waals surface area (Å²) in [5.74, 6) is -0.109. The summed E-state index contributed by atoms with van der Waals surface area (Å²) in [5, 5.41) is 14.3. The van der Waals surface area contributed by atoms with Crippen molar-refractivity contribution in [1.29, 1.82) is 0 Å². The summed E-state index contributed by atoms with van der Waals surface area (Å²) in [6, 6.07) is 16.5. The Morgan fingerprint density at radius 1 is 1.10 bits per heavy atom. The maximum atomic E-state index is 12.3. The Kier molecular flexibility index (Phi) is 5.01. The molecule has 1 fully saturated rings. The van der Waals surface area contributed by atoms with Crippen molar-refractivity contribution in [2.24, 2.45) is 7.05 Å². The number of ether oxygens (including phenoxy) is 1. The SMILES string of the molecule is CCOC(=O)C1(c2ccc(-c3ccc(-c4cnn(C)c4C(C)O)cc3)cc2)CC1. The minimum absolute atomic E-state index is 0.109. The number of aryl methyl sites for hydroxylation is 1. The van der Waals surface area contributed by atoms with Crippen LogP contribution in [0.3, 0.4) is 0 Å². The molecule has 1 N–H and O–H groups in total. The third-order valence-electron chi connectivity index (χ3n) is 5.76. The van der Waals surface area contributed by atoms with Gasteiger partial charge in [-0.25, -0.2) is 0 Å². The van der Waals surface area contributed by atoms with Crippen molar-refractivity contribution in [2.75, 3.05) is 6.61 Å². The maximum Gasteiger partial charge on any atom is 0.316 e. The van der Waals surface area contributed by atoms with E-state index in [9.17, 15) is 9.90 Å². The van der Waals surface area contributed by atoms with Gasteiger partial charge in [0.25, 0.3) is 0 Å². The zero-order valence-electron chi connectivity index (χ0n) is 17.1. The summed E-state index contributed by atoms with van der Waals surface area (Å²) < 4.78 is 6.97. The number of benzene rings is 2. The summed E-state index contributed by atoms with van der Waals surface area (Å²) in [6.07, 6.45) is 2.92. The quantitative estimate of drug-likeness (QED) is 0.634. The van der Waals surface area contributed by atoms with E-state index in [4.69, 9.17) is 4.74 Å². The second-order valence-electron chi connectivity index (χ2n) is 7.70. The van der Waals surface area contributed by atoms with Crippen molar-refractivity contribution < 1.29 is 14.6 Å². The standard InChI is InChI=1S/C24H26N2O3/c1-4-29-23(28)24(13-14-24)20-11-9-18(10-12-20)17-5-7-19(8-6-17)21-15-25-26(3)22(21)16(2)27/h5-12,15-16,27H,4,13-14H2,1-3H3. The largest absolute Gasteiger partial charge is 0.465 e. The van der Waals surface area contributed by atoms with Gasteiger partial charge in [0.15, 0.2) is 0 Å². The fourth-order valence-electron chi connectivity index (χ4n) is 3.99. The first kappa shape index (κ1) is 19.4. The van der Waals surface area contributed by atoms with E-state index in [1.165, 1.54) is 0 Å². The van der Waals surface area contributed by atoms with Gasteiger partial charge in [0.2, 0.25) is 0 Å². The van der Waals surface area contributed by atoms with Gasteiger partial charge in [-0.1, -0.05) is 48.5 Å². The molecular formula is C24H26N2O3. The van der Waals surface area contributed by atoms with Crippen molar-refractivity contribution in [2.45, 2.75) is 38.2 Å². The molecule has 5 nitrogen and oxygen atoms in total. The van der Waals surface area contributed by atoms with E-state index in [1.807, 2.05) is 38.2 Å². The predicted molar refractivity (Wildman–Crippen MR) is 112 cm³/mol. The summed E-state index contributed by atoms with van der Waals surface area (Å²) >= 11 is 0. The van der Waals surface area contributed by atoms with E-state index in [-0.39, 0.29) is 5.97 Å². The van der Waals surface area contributed by atoms with Crippen molar-refractivity contribution in [3.05, 3.63) is 66.0 Å². The fourth-order valence-corrected chi connectivity index (χ4v) is 3.99. The van der Waals surface area contributed by atoms with Gasteiger partial charge in [0, 0.05) is 12.6 Å². The Labute approximate surface area is 171 Å². The zero-order chi connectivity index (χ0) is 20.6. The van der Waals surface area contributed by atoms with Crippen LogP contribution in [0.5, 0.6) is 0 Å². The molecule has 4 rings (SSSR count). The van der Waals surface area contributed by atoms with Crippen LogP contribution in [0, 0.1) is 0 Å². The lowest BCUT2D eigenvalue weighted by Gasteiger charge is -2.15. The first-order valence-corrected chi connectivity index (χ1v) is 10.0. The highest BCUT2D eigenvalue weighted by molar-refractivity contribution is 5.87. The Balaban J connectivity index is 1.57. The number of carbonyl (C=O) groups excluding carboxylic acids is 1. The van der Waals surface area contributed by atoms with Crippen LogP contribution >= 0.6 is 0 Å². The average Bonchev–Trinajstić information content (AvgIpc) is 3.45. The van der Waals surface area contributed by atoms with Gasteiger partial charge in [-0.05, 0) is 48.9 Å². The second-order valence-corrected chi connectivity index (χ2v) is 7.70. The number of aromatic nitrogens is 2. The van der Waals surface area contributed by atoms with Crippen molar-refractivity contribution >= 4 is 5.97 Å². The lowest BCUT2D eigenvalue weighted by molar-refractivity contribution is -0.146. The molecule has 1 aliphatic carbocycles. The smallest absolute Gasteiger partial charge is 0.316 e. The third-order valence-corrected chi connectivity index (χ3v) is 5.76. The third kappa shape index (κ3) is 3.47. The van der Waals surface area contributed by atoms with Crippen molar-refractivity contribution in [3.8, 4) is 22.3 Å². The molecule has 5 heteroatoms. The van der Waals surface area contributed by atoms with Crippen molar-refractivity contribution in [3.63, 3.8) is 0 Å². The normalized spacial score (nSPS) is 15.7. The molecule has 0 spiro atoms. The predicted octanol–water partition coefficient (Wildman–Crippen LogP) is 4.40. The Morgan fingerprint density at radius 2 is 1.66 bits per heavy atom. The first-order valence-electron chi connectivity index (χ1n) is 10.0. The van der Waals surface area contributed by atoms with Crippen LogP contribution in [-0.2, 0) is 22.0 Å². The van der Waals surface area contributed by atoms with E-state index < -0.39 is 11.5 Å². The molecule has 0 amide bonds. The van der Waals surface area contributed by atoms with Gasteiger partial charge in [-0.15, -0.1) is 0 Å². The van der Waals surface area contributed by atoms with Crippen LogP contribution in [0.4, 0.5) is 0 Å². The number of aliphatic hydroxyl groups is 1. The molecule has 0 bridgehead atoms. The van der Waals surface area contributed by atoms with Crippen LogP contribution in [0.2, 0.25) is 0 Å². The van der Waals surface area contributed by atoms with Crippen LogP contribution in [0.1, 0.15) is 44.1 Å². The summed E-state index contributed by atoms with van der Waals surface area (Å²) in [7, 11) is 1.84. The topological polar surface area (TPSA) is 64.3 Å². The molecule has 0 radical (unpaired) electrons. The highest BCUT2D eigenvalue weighted by Gasteiger charge is 2.52.